The van der Waals surface area contributed by atoms with Crippen molar-refractivity contribution in [3.63, 3.8) is 0 Å². The second-order valence-electron chi connectivity index (χ2n) is 16.1. The summed E-state index contributed by atoms with van der Waals surface area (Å²) in [7, 11) is 1.29. The zero-order valence-corrected chi connectivity index (χ0v) is 33.3. The first-order chi connectivity index (χ1) is 21.2. The number of ether oxygens (including phenoxy) is 2. The maximum atomic E-state index is 6.33. The molecule has 0 atom stereocenters. The molecule has 6 heteroatoms. The third-order valence-corrected chi connectivity index (χ3v) is 12.5. The van der Waals surface area contributed by atoms with Crippen molar-refractivity contribution in [3.05, 3.63) is 70.8 Å². The van der Waals surface area contributed by atoms with E-state index in [1.54, 1.807) is 0 Å². The molecule has 0 aliphatic rings. The summed E-state index contributed by atoms with van der Waals surface area (Å²) < 4.78 is 25.1. The smallest absolute Gasteiger partial charge is 0.205 e. The average Bonchev–Trinajstić information content (AvgIpc) is 2.94. The van der Waals surface area contributed by atoms with Crippen LogP contribution in [0.3, 0.4) is 0 Å². The van der Waals surface area contributed by atoms with E-state index in [2.05, 4.69) is 132 Å². The monoisotopic (exact) mass is 666 g/mol. The standard InChI is InChI=1S/C40H60O4P2/c1-17-43-46(44-18-2)34-22-20-19-21-33(34)45(27-23-29(37(3,4)5)35(41-15)30(24-27)38(6,7)8)28-25-31(39(9,10)11)36(42-16)32(26-28)40(12,13)14/h19-26H,17-18H2,1-16H3. The van der Waals surface area contributed by atoms with Gasteiger partial charge < -0.3 is 18.5 Å². The van der Waals surface area contributed by atoms with E-state index in [-0.39, 0.29) is 21.7 Å². The molecule has 0 aliphatic heterocycles. The Morgan fingerprint density at radius 1 is 0.500 bits per heavy atom. The van der Waals surface area contributed by atoms with Crippen molar-refractivity contribution in [2.45, 2.75) is 119 Å². The van der Waals surface area contributed by atoms with Crippen LogP contribution in [0.2, 0.25) is 0 Å². The second kappa shape index (κ2) is 14.7. The molecule has 0 N–H and O–H groups in total. The molecule has 3 aromatic rings. The van der Waals surface area contributed by atoms with Gasteiger partial charge in [-0.1, -0.05) is 101 Å². The topological polar surface area (TPSA) is 36.9 Å². The molecule has 0 spiro atoms. The van der Waals surface area contributed by atoms with E-state index in [9.17, 15) is 0 Å². The van der Waals surface area contributed by atoms with E-state index in [0.717, 1.165) is 16.8 Å². The Kier molecular flexibility index (Phi) is 12.3. The summed E-state index contributed by atoms with van der Waals surface area (Å²) in [5, 5.41) is 5.00. The van der Waals surface area contributed by atoms with Crippen molar-refractivity contribution in [3.8, 4) is 11.5 Å². The minimum atomic E-state index is -1.26. The maximum Gasteiger partial charge on any atom is 0.205 e. The fourth-order valence-electron chi connectivity index (χ4n) is 5.80. The number of hydrogen-bond donors (Lipinski definition) is 0. The molecule has 0 bridgehead atoms. The molecular weight excluding hydrogens is 606 g/mol. The van der Waals surface area contributed by atoms with E-state index < -0.39 is 16.3 Å². The molecule has 0 saturated heterocycles. The van der Waals surface area contributed by atoms with Crippen molar-refractivity contribution >= 4 is 37.5 Å². The Balaban J connectivity index is 2.65. The Bertz CT molecular complexity index is 1320. The van der Waals surface area contributed by atoms with Crippen LogP contribution in [0.5, 0.6) is 11.5 Å². The van der Waals surface area contributed by atoms with Gasteiger partial charge in [-0.25, -0.2) is 0 Å². The van der Waals surface area contributed by atoms with Crippen LogP contribution in [0, 0.1) is 0 Å². The van der Waals surface area contributed by atoms with Gasteiger partial charge in [0.1, 0.15) is 11.5 Å². The highest BCUT2D eigenvalue weighted by Crippen LogP contribution is 2.47. The fraction of sp³-hybridized carbons (Fsp3) is 0.550. The van der Waals surface area contributed by atoms with Crippen molar-refractivity contribution in [1.29, 1.82) is 0 Å². The second-order valence-corrected chi connectivity index (χ2v) is 19.8. The Hall–Kier alpha value is -1.96. The van der Waals surface area contributed by atoms with Crippen LogP contribution in [0.1, 0.15) is 119 Å². The lowest BCUT2D eigenvalue weighted by atomic mass is 9.79. The van der Waals surface area contributed by atoms with Gasteiger partial charge in [0.2, 0.25) is 8.38 Å². The molecule has 254 valence electrons. The van der Waals surface area contributed by atoms with Gasteiger partial charge in [0.05, 0.1) is 27.4 Å². The maximum absolute atomic E-state index is 6.33. The van der Waals surface area contributed by atoms with Gasteiger partial charge in [0.15, 0.2) is 0 Å². The summed E-state index contributed by atoms with van der Waals surface area (Å²) in [6, 6.07) is 18.4. The van der Waals surface area contributed by atoms with Crippen LogP contribution < -0.4 is 30.7 Å². The quantitative estimate of drug-likeness (QED) is 0.202. The zero-order chi connectivity index (χ0) is 34.8. The summed E-state index contributed by atoms with van der Waals surface area (Å²) in [5.74, 6) is 1.97. The molecule has 3 rings (SSSR count). The summed E-state index contributed by atoms with van der Waals surface area (Å²) >= 11 is 0. The van der Waals surface area contributed by atoms with Crippen LogP contribution in [0.15, 0.2) is 48.5 Å². The van der Waals surface area contributed by atoms with Gasteiger partial charge in [0.25, 0.3) is 0 Å². The summed E-state index contributed by atoms with van der Waals surface area (Å²) in [5.41, 5.74) is 4.38. The molecular formula is C40H60O4P2. The first-order valence-electron chi connectivity index (χ1n) is 16.6. The Morgan fingerprint density at radius 3 is 1.07 bits per heavy atom. The van der Waals surface area contributed by atoms with Crippen LogP contribution in [-0.4, -0.2) is 27.4 Å². The SMILES string of the molecule is CCOP(OCC)c1ccccc1P(c1cc(C(C)(C)C)c(OC)c(C(C)(C)C)c1)c1cc(C(C)(C)C)c(OC)c(C(C)(C)C)c1. The van der Waals surface area contributed by atoms with Gasteiger partial charge in [-0.3, -0.25) is 0 Å². The Labute approximate surface area is 283 Å². The summed E-state index contributed by atoms with van der Waals surface area (Å²) in [6.07, 6.45) is 0. The molecule has 46 heavy (non-hydrogen) atoms. The lowest BCUT2D eigenvalue weighted by Gasteiger charge is -2.34. The first kappa shape index (κ1) is 38.5. The van der Waals surface area contributed by atoms with Gasteiger partial charge in [-0.2, -0.15) is 0 Å². The average molecular weight is 667 g/mol. The Morgan fingerprint density at radius 2 is 0.804 bits per heavy atom. The lowest BCUT2D eigenvalue weighted by molar-refractivity contribution is 0.277. The van der Waals surface area contributed by atoms with E-state index in [0.29, 0.717) is 13.2 Å². The molecule has 0 heterocycles. The first-order valence-corrected chi connectivity index (χ1v) is 19.1. The zero-order valence-electron chi connectivity index (χ0n) is 31.6. The van der Waals surface area contributed by atoms with Crippen LogP contribution in [0.25, 0.3) is 0 Å². The van der Waals surface area contributed by atoms with Crippen molar-refractivity contribution < 1.29 is 18.5 Å². The highest BCUT2D eigenvalue weighted by molar-refractivity contribution is 7.81. The van der Waals surface area contributed by atoms with Crippen LogP contribution in [0.4, 0.5) is 0 Å². The van der Waals surface area contributed by atoms with E-state index >= 15 is 0 Å². The van der Waals surface area contributed by atoms with E-state index in [4.69, 9.17) is 18.5 Å². The molecule has 0 radical (unpaired) electrons. The third kappa shape index (κ3) is 8.54. The lowest BCUT2D eigenvalue weighted by Crippen LogP contribution is -2.34. The predicted molar refractivity (Wildman–Crippen MR) is 203 cm³/mol. The highest BCUT2D eigenvalue weighted by Gasteiger charge is 2.34. The van der Waals surface area contributed by atoms with E-state index in [1.165, 1.54) is 38.2 Å². The number of methoxy groups -OCH3 is 2. The van der Waals surface area contributed by atoms with Gasteiger partial charge in [0, 0.05) is 27.6 Å². The number of hydrogen-bond acceptors (Lipinski definition) is 4. The van der Waals surface area contributed by atoms with Crippen LogP contribution >= 0.6 is 16.3 Å². The fourth-order valence-corrected chi connectivity index (χ4v) is 10.1. The van der Waals surface area contributed by atoms with Gasteiger partial charge >= 0.3 is 0 Å². The van der Waals surface area contributed by atoms with E-state index in [1.807, 2.05) is 28.1 Å². The van der Waals surface area contributed by atoms with Gasteiger partial charge in [-0.05, 0) is 89.7 Å². The van der Waals surface area contributed by atoms with Crippen molar-refractivity contribution in [2.75, 3.05) is 27.4 Å². The summed E-state index contributed by atoms with van der Waals surface area (Å²) in [6.45, 7) is 32.6. The number of rotatable bonds is 10. The van der Waals surface area contributed by atoms with Crippen molar-refractivity contribution in [1.82, 2.24) is 0 Å². The minimum absolute atomic E-state index is 0.127. The normalized spacial score (nSPS) is 13.1. The van der Waals surface area contributed by atoms with Crippen molar-refractivity contribution in [2.24, 2.45) is 0 Å². The highest BCUT2D eigenvalue weighted by atomic mass is 31.2. The molecule has 0 fully saturated rings. The third-order valence-electron chi connectivity index (χ3n) is 8.12. The summed E-state index contributed by atoms with van der Waals surface area (Å²) in [4.78, 5) is 0. The molecule has 0 saturated carbocycles. The van der Waals surface area contributed by atoms with Gasteiger partial charge in [-0.15, -0.1) is 0 Å². The predicted octanol–water partition coefficient (Wildman–Crippen LogP) is 9.66. The molecule has 0 unspecified atom stereocenters. The number of benzene rings is 3. The van der Waals surface area contributed by atoms with Crippen LogP contribution in [-0.2, 0) is 30.7 Å². The largest absolute Gasteiger partial charge is 0.496 e. The molecule has 3 aromatic carbocycles. The molecule has 4 nitrogen and oxygen atoms in total. The molecule has 0 aliphatic carbocycles. The minimum Gasteiger partial charge on any atom is -0.496 e. The molecule has 0 amide bonds. The molecule has 0 aromatic heterocycles.